The molecule has 0 atom stereocenters. The van der Waals surface area contributed by atoms with E-state index in [0.29, 0.717) is 29.4 Å². The fourth-order valence-corrected chi connectivity index (χ4v) is 4.91. The molecule has 4 rings (SSSR count). The number of nitrogens with zero attached hydrogens (tertiary/aromatic N) is 1. The van der Waals surface area contributed by atoms with Crippen LogP contribution in [-0.4, -0.2) is 25.0 Å². The van der Waals surface area contributed by atoms with E-state index in [1.807, 2.05) is 43.3 Å². The third-order valence-electron chi connectivity index (χ3n) is 5.60. The molecule has 0 aliphatic carbocycles. The van der Waals surface area contributed by atoms with Crippen LogP contribution in [0.25, 0.3) is 6.08 Å². The number of ether oxygens (including phenoxy) is 2. The van der Waals surface area contributed by atoms with Crippen LogP contribution in [0.3, 0.4) is 0 Å². The van der Waals surface area contributed by atoms with E-state index in [0.717, 1.165) is 29.6 Å². The Morgan fingerprint density at radius 1 is 1.06 bits per heavy atom. The van der Waals surface area contributed by atoms with Gasteiger partial charge in [-0.1, -0.05) is 46.3 Å². The highest BCUT2D eigenvalue weighted by molar-refractivity contribution is 14.1. The Kier molecular flexibility index (Phi) is 7.79. The lowest BCUT2D eigenvalue weighted by Crippen LogP contribution is -2.54. The van der Waals surface area contributed by atoms with Gasteiger partial charge in [0.15, 0.2) is 11.5 Å². The van der Waals surface area contributed by atoms with Crippen LogP contribution < -0.4 is 19.7 Å². The Morgan fingerprint density at radius 2 is 1.81 bits per heavy atom. The first-order valence-electron chi connectivity index (χ1n) is 10.9. The molecule has 36 heavy (non-hydrogen) atoms. The van der Waals surface area contributed by atoms with Crippen molar-refractivity contribution in [2.24, 2.45) is 0 Å². The van der Waals surface area contributed by atoms with Gasteiger partial charge < -0.3 is 9.47 Å². The van der Waals surface area contributed by atoms with Gasteiger partial charge in [0.2, 0.25) is 0 Å². The minimum atomic E-state index is -0.779. The number of carbonyl (C=O) groups is 3. The number of aryl methyl sites for hydroxylation is 2. The number of halogens is 2. The molecule has 3 aromatic rings. The summed E-state index contributed by atoms with van der Waals surface area (Å²) in [5.74, 6) is -0.454. The number of benzene rings is 3. The molecule has 184 valence electrons. The van der Waals surface area contributed by atoms with Crippen LogP contribution >= 0.6 is 38.5 Å². The molecule has 0 unspecified atom stereocenters. The fraction of sp³-hybridized carbons (Fsp3) is 0.148. The van der Waals surface area contributed by atoms with E-state index in [1.54, 1.807) is 25.1 Å². The molecule has 0 spiro atoms. The van der Waals surface area contributed by atoms with Crippen molar-refractivity contribution in [3.63, 3.8) is 0 Å². The van der Waals surface area contributed by atoms with Crippen LogP contribution in [-0.2, 0) is 16.2 Å². The zero-order chi connectivity index (χ0) is 26.0. The molecule has 0 bridgehead atoms. The molecule has 0 saturated carbocycles. The van der Waals surface area contributed by atoms with Gasteiger partial charge in [0.05, 0.1) is 16.4 Å². The second-order valence-electron chi connectivity index (χ2n) is 8.16. The minimum Gasteiger partial charge on any atom is -0.493 e. The van der Waals surface area contributed by atoms with Gasteiger partial charge >= 0.3 is 6.03 Å². The number of imide groups is 2. The van der Waals surface area contributed by atoms with Crippen molar-refractivity contribution in [1.29, 1.82) is 0 Å². The first-order chi connectivity index (χ1) is 17.2. The molecular weight excluding hydrogens is 639 g/mol. The van der Waals surface area contributed by atoms with E-state index in [-0.39, 0.29) is 5.57 Å². The van der Waals surface area contributed by atoms with E-state index >= 15 is 0 Å². The van der Waals surface area contributed by atoms with E-state index in [4.69, 9.17) is 9.47 Å². The van der Waals surface area contributed by atoms with Gasteiger partial charge in [-0.15, -0.1) is 0 Å². The second-order valence-corrected chi connectivity index (χ2v) is 10.2. The van der Waals surface area contributed by atoms with Gasteiger partial charge in [0.1, 0.15) is 12.2 Å². The summed E-state index contributed by atoms with van der Waals surface area (Å²) in [4.78, 5) is 39.5. The molecule has 1 N–H and O–H groups in total. The first kappa shape index (κ1) is 25.9. The number of anilines is 1. The summed E-state index contributed by atoms with van der Waals surface area (Å²) in [7, 11) is 1.52. The van der Waals surface area contributed by atoms with Crippen LogP contribution in [0.5, 0.6) is 11.5 Å². The Bertz CT molecular complexity index is 1420. The number of carbonyl (C=O) groups excluding carboxylic acids is 3. The fourth-order valence-electron chi connectivity index (χ4n) is 3.73. The average molecular weight is 661 g/mol. The van der Waals surface area contributed by atoms with Crippen molar-refractivity contribution < 1.29 is 23.9 Å². The second kappa shape index (κ2) is 10.8. The number of amides is 4. The topological polar surface area (TPSA) is 84.9 Å². The number of nitrogens with one attached hydrogen (secondary N) is 1. The summed E-state index contributed by atoms with van der Waals surface area (Å²) in [6, 6.07) is 15.9. The number of rotatable bonds is 6. The molecule has 0 radical (unpaired) electrons. The predicted molar refractivity (Wildman–Crippen MR) is 149 cm³/mol. The van der Waals surface area contributed by atoms with Gasteiger partial charge in [-0.05, 0) is 83.5 Å². The number of urea groups is 1. The quantitative estimate of drug-likeness (QED) is 0.202. The molecule has 4 amide bonds. The van der Waals surface area contributed by atoms with Gasteiger partial charge in [0, 0.05) is 10.0 Å². The third-order valence-corrected chi connectivity index (χ3v) is 7.17. The Hall–Kier alpha value is -3.18. The lowest BCUT2D eigenvalue weighted by molar-refractivity contribution is -0.122. The third kappa shape index (κ3) is 5.31. The van der Waals surface area contributed by atoms with Gasteiger partial charge in [-0.25, -0.2) is 9.69 Å². The number of methoxy groups -OCH3 is 1. The highest BCUT2D eigenvalue weighted by Gasteiger charge is 2.37. The summed E-state index contributed by atoms with van der Waals surface area (Å²) >= 11 is 5.64. The van der Waals surface area contributed by atoms with Gasteiger partial charge in [-0.2, -0.15) is 0 Å². The van der Waals surface area contributed by atoms with Crippen molar-refractivity contribution in [3.05, 3.63) is 90.5 Å². The molecule has 1 saturated heterocycles. The summed E-state index contributed by atoms with van der Waals surface area (Å²) in [5, 5.41) is 2.27. The monoisotopic (exact) mass is 660 g/mol. The van der Waals surface area contributed by atoms with Crippen LogP contribution in [0, 0.1) is 17.4 Å². The van der Waals surface area contributed by atoms with Crippen molar-refractivity contribution in [2.45, 2.75) is 20.5 Å². The highest BCUT2D eigenvalue weighted by atomic mass is 127. The Balaban J connectivity index is 1.67. The minimum absolute atomic E-state index is 0.157. The SMILES string of the molecule is COc1cc(/C=C2\C(=O)NC(=O)N(c3cc(C)ccc3C)C2=O)cc(I)c1OCc1ccccc1Br. The molecule has 0 aromatic heterocycles. The summed E-state index contributed by atoms with van der Waals surface area (Å²) in [6.45, 7) is 3.99. The summed E-state index contributed by atoms with van der Waals surface area (Å²) in [5.41, 5.74) is 3.42. The summed E-state index contributed by atoms with van der Waals surface area (Å²) in [6.07, 6.45) is 1.45. The number of hydrogen-bond donors (Lipinski definition) is 1. The molecule has 1 aliphatic rings. The lowest BCUT2D eigenvalue weighted by atomic mass is 10.0. The lowest BCUT2D eigenvalue weighted by Gasteiger charge is -2.28. The van der Waals surface area contributed by atoms with Gasteiger partial charge in [0.25, 0.3) is 11.8 Å². The van der Waals surface area contributed by atoms with Crippen LogP contribution in [0.2, 0.25) is 0 Å². The Morgan fingerprint density at radius 3 is 2.53 bits per heavy atom. The van der Waals surface area contributed by atoms with E-state index in [9.17, 15) is 14.4 Å². The largest absolute Gasteiger partial charge is 0.493 e. The van der Waals surface area contributed by atoms with E-state index in [1.165, 1.54) is 13.2 Å². The Labute approximate surface area is 230 Å². The molecular formula is C27H22BrIN2O5. The first-order valence-corrected chi connectivity index (χ1v) is 12.8. The maximum Gasteiger partial charge on any atom is 0.335 e. The van der Waals surface area contributed by atoms with Crippen LogP contribution in [0.4, 0.5) is 10.5 Å². The average Bonchev–Trinajstić information content (AvgIpc) is 2.83. The maximum absolute atomic E-state index is 13.3. The smallest absolute Gasteiger partial charge is 0.335 e. The molecule has 1 aliphatic heterocycles. The molecule has 1 fully saturated rings. The van der Waals surface area contributed by atoms with Crippen LogP contribution in [0.1, 0.15) is 22.3 Å². The molecule has 3 aromatic carbocycles. The molecule has 9 heteroatoms. The highest BCUT2D eigenvalue weighted by Crippen LogP contribution is 2.36. The van der Waals surface area contributed by atoms with Crippen LogP contribution in [0.15, 0.2) is 64.6 Å². The standard InChI is InChI=1S/C27H22BrIN2O5/c1-15-8-9-16(2)22(10-15)31-26(33)19(25(32)30-27(31)34)11-17-12-21(29)24(23(13-17)35-3)36-14-18-6-4-5-7-20(18)28/h4-13H,14H2,1-3H3,(H,30,32,34)/b19-11+. The van der Waals surface area contributed by atoms with E-state index < -0.39 is 17.8 Å². The zero-order valence-electron chi connectivity index (χ0n) is 19.7. The van der Waals surface area contributed by atoms with Crippen molar-refractivity contribution in [1.82, 2.24) is 5.32 Å². The molecule has 1 heterocycles. The van der Waals surface area contributed by atoms with Crippen molar-refractivity contribution in [2.75, 3.05) is 12.0 Å². The van der Waals surface area contributed by atoms with E-state index in [2.05, 4.69) is 43.8 Å². The van der Waals surface area contributed by atoms with Crippen molar-refractivity contribution >= 4 is 68.1 Å². The maximum atomic E-state index is 13.3. The van der Waals surface area contributed by atoms with Gasteiger partial charge in [-0.3, -0.25) is 14.9 Å². The van der Waals surface area contributed by atoms with Crippen molar-refractivity contribution in [3.8, 4) is 11.5 Å². The number of barbiturate groups is 1. The molecule has 7 nitrogen and oxygen atoms in total. The normalized spacial score (nSPS) is 14.8. The zero-order valence-corrected chi connectivity index (χ0v) is 23.5. The summed E-state index contributed by atoms with van der Waals surface area (Å²) < 4.78 is 13.3. The number of hydrogen-bond acceptors (Lipinski definition) is 5. The predicted octanol–water partition coefficient (Wildman–Crippen LogP) is 5.92.